The molecule has 31 heavy (non-hydrogen) atoms. The lowest BCUT2D eigenvalue weighted by molar-refractivity contribution is 0.0673. The minimum atomic E-state index is -1.14. The van der Waals surface area contributed by atoms with Gasteiger partial charge in [0.1, 0.15) is 28.4 Å². The standard InChI is InChI=1S/C22H22ClNO7/c1-29-15-6-10-4-5-24-9-12-11(13(23)8-16(30-2)18(12)21(25)26)7-14(24)17(10)20(31-3)19(15)22(27)28/h6,8,14H,4-5,7,9H2,1-3H3,(H,25,26)(H,27,28). The number of carboxylic acid groups (broad SMARTS) is 2. The summed E-state index contributed by atoms with van der Waals surface area (Å²) in [5.41, 5.74) is 3.17. The Morgan fingerprint density at radius 3 is 2.23 bits per heavy atom. The molecular weight excluding hydrogens is 426 g/mol. The van der Waals surface area contributed by atoms with E-state index < -0.39 is 11.9 Å². The average molecular weight is 448 g/mol. The molecule has 0 amide bonds. The normalized spacial score (nSPS) is 17.2. The highest BCUT2D eigenvalue weighted by Crippen LogP contribution is 2.48. The zero-order chi connectivity index (χ0) is 22.4. The third-order valence-electron chi connectivity index (χ3n) is 6.10. The van der Waals surface area contributed by atoms with Crippen LogP contribution in [0.1, 0.15) is 49.0 Å². The number of methoxy groups -OCH3 is 3. The van der Waals surface area contributed by atoms with E-state index in [1.807, 2.05) is 0 Å². The Morgan fingerprint density at radius 1 is 1.00 bits per heavy atom. The van der Waals surface area contributed by atoms with Gasteiger partial charge in [-0.2, -0.15) is 0 Å². The molecule has 0 fully saturated rings. The van der Waals surface area contributed by atoms with Crippen LogP contribution in [-0.2, 0) is 19.4 Å². The number of hydrogen-bond donors (Lipinski definition) is 2. The van der Waals surface area contributed by atoms with Gasteiger partial charge in [-0.3, -0.25) is 4.90 Å². The quantitative estimate of drug-likeness (QED) is 0.718. The van der Waals surface area contributed by atoms with Crippen LogP contribution in [0.15, 0.2) is 12.1 Å². The molecule has 0 spiro atoms. The highest BCUT2D eigenvalue weighted by Gasteiger charge is 2.39. The lowest BCUT2D eigenvalue weighted by Gasteiger charge is -2.43. The van der Waals surface area contributed by atoms with Gasteiger partial charge >= 0.3 is 11.9 Å². The van der Waals surface area contributed by atoms with Crippen molar-refractivity contribution in [1.29, 1.82) is 0 Å². The number of benzene rings is 2. The van der Waals surface area contributed by atoms with Gasteiger partial charge in [0.25, 0.3) is 0 Å². The number of halogens is 1. The lowest BCUT2D eigenvalue weighted by atomic mass is 9.81. The maximum absolute atomic E-state index is 12.0. The summed E-state index contributed by atoms with van der Waals surface area (Å²) in [6.07, 6.45) is 1.07. The number of hydrogen-bond acceptors (Lipinski definition) is 6. The fourth-order valence-electron chi connectivity index (χ4n) is 4.78. The molecule has 9 heteroatoms. The first-order valence-corrected chi connectivity index (χ1v) is 10.1. The van der Waals surface area contributed by atoms with Crippen LogP contribution in [-0.4, -0.2) is 54.9 Å². The molecule has 0 bridgehead atoms. The predicted molar refractivity (Wildman–Crippen MR) is 112 cm³/mol. The van der Waals surface area contributed by atoms with E-state index in [0.29, 0.717) is 36.5 Å². The van der Waals surface area contributed by atoms with Crippen molar-refractivity contribution in [2.75, 3.05) is 27.9 Å². The molecular formula is C22H22ClNO7. The average Bonchev–Trinajstić information content (AvgIpc) is 2.75. The van der Waals surface area contributed by atoms with E-state index >= 15 is 0 Å². The van der Waals surface area contributed by atoms with Crippen LogP contribution in [0.25, 0.3) is 0 Å². The summed E-state index contributed by atoms with van der Waals surface area (Å²) in [6.45, 7) is 1.03. The summed E-state index contributed by atoms with van der Waals surface area (Å²) < 4.78 is 16.2. The molecule has 164 valence electrons. The van der Waals surface area contributed by atoms with Gasteiger partial charge in [0.05, 0.1) is 21.3 Å². The Hall–Kier alpha value is -2.97. The monoisotopic (exact) mass is 447 g/mol. The molecule has 2 aliphatic rings. The summed E-state index contributed by atoms with van der Waals surface area (Å²) in [4.78, 5) is 26.1. The second-order valence-electron chi connectivity index (χ2n) is 7.50. The Labute approximate surface area is 183 Å². The number of aromatic carboxylic acids is 2. The minimum Gasteiger partial charge on any atom is -0.496 e. The van der Waals surface area contributed by atoms with Crippen molar-refractivity contribution in [2.45, 2.75) is 25.4 Å². The van der Waals surface area contributed by atoms with Crippen molar-refractivity contribution in [3.05, 3.63) is 50.5 Å². The highest BCUT2D eigenvalue weighted by atomic mass is 35.5. The Kier molecular flexibility index (Phi) is 5.45. The number of fused-ring (bicyclic) bond motifs is 4. The third-order valence-corrected chi connectivity index (χ3v) is 6.44. The largest absolute Gasteiger partial charge is 0.496 e. The van der Waals surface area contributed by atoms with Crippen LogP contribution in [0.2, 0.25) is 5.02 Å². The van der Waals surface area contributed by atoms with Crippen LogP contribution < -0.4 is 14.2 Å². The van der Waals surface area contributed by atoms with Crippen molar-refractivity contribution < 1.29 is 34.0 Å². The third kappa shape index (κ3) is 3.26. The van der Waals surface area contributed by atoms with E-state index in [9.17, 15) is 19.8 Å². The van der Waals surface area contributed by atoms with E-state index in [0.717, 1.165) is 16.7 Å². The summed E-state index contributed by atoms with van der Waals surface area (Å²) in [5, 5.41) is 20.0. The van der Waals surface area contributed by atoms with Crippen LogP contribution >= 0.6 is 11.6 Å². The first kappa shape index (κ1) is 21.3. The lowest BCUT2D eigenvalue weighted by Crippen LogP contribution is -2.40. The minimum absolute atomic E-state index is 0.0246. The first-order chi connectivity index (χ1) is 14.8. The molecule has 8 nitrogen and oxygen atoms in total. The molecule has 0 aromatic heterocycles. The van der Waals surface area contributed by atoms with Crippen LogP contribution in [0, 0.1) is 0 Å². The topological polar surface area (TPSA) is 106 Å². The molecule has 1 atom stereocenters. The van der Waals surface area contributed by atoms with Gasteiger partial charge in [-0.05, 0) is 41.7 Å². The number of nitrogens with zero attached hydrogens (tertiary/aromatic N) is 1. The Morgan fingerprint density at radius 2 is 1.65 bits per heavy atom. The zero-order valence-corrected chi connectivity index (χ0v) is 18.1. The summed E-state index contributed by atoms with van der Waals surface area (Å²) >= 11 is 6.53. The fourth-order valence-corrected chi connectivity index (χ4v) is 5.07. The van der Waals surface area contributed by atoms with Crippen LogP contribution in [0.5, 0.6) is 17.2 Å². The van der Waals surface area contributed by atoms with E-state index in [1.165, 1.54) is 27.4 Å². The SMILES string of the molecule is COc1cc(Cl)c2c(c1C(=O)O)CN1CCc3cc(OC)c(C(=O)O)c(OC)c3C1C2. The molecule has 2 N–H and O–H groups in total. The molecule has 2 aromatic rings. The van der Waals surface area contributed by atoms with Gasteiger partial charge in [-0.25, -0.2) is 9.59 Å². The van der Waals surface area contributed by atoms with Crippen molar-refractivity contribution >= 4 is 23.5 Å². The number of ether oxygens (including phenoxy) is 3. The van der Waals surface area contributed by atoms with Crippen LogP contribution in [0.3, 0.4) is 0 Å². The maximum Gasteiger partial charge on any atom is 0.343 e. The van der Waals surface area contributed by atoms with Crippen molar-refractivity contribution in [3.8, 4) is 17.2 Å². The van der Waals surface area contributed by atoms with E-state index in [1.54, 1.807) is 6.07 Å². The number of carboxylic acids is 2. The molecule has 0 aliphatic carbocycles. The Bertz CT molecular complexity index is 1100. The molecule has 2 heterocycles. The van der Waals surface area contributed by atoms with E-state index in [4.69, 9.17) is 25.8 Å². The van der Waals surface area contributed by atoms with Gasteiger partial charge in [-0.15, -0.1) is 0 Å². The summed E-state index contributed by atoms with van der Waals surface area (Å²) in [5.74, 6) is -1.47. The van der Waals surface area contributed by atoms with E-state index in [2.05, 4.69) is 4.90 Å². The van der Waals surface area contributed by atoms with Crippen LogP contribution in [0.4, 0.5) is 0 Å². The summed E-state index contributed by atoms with van der Waals surface area (Å²) in [6, 6.07) is 3.08. The predicted octanol–water partition coefficient (Wildman–Crippen LogP) is 3.42. The molecule has 1 unspecified atom stereocenters. The second kappa shape index (κ2) is 7.94. The van der Waals surface area contributed by atoms with Crippen molar-refractivity contribution in [1.82, 2.24) is 4.90 Å². The van der Waals surface area contributed by atoms with Gasteiger partial charge in [0.15, 0.2) is 0 Å². The highest BCUT2D eigenvalue weighted by molar-refractivity contribution is 6.32. The Balaban J connectivity index is 1.92. The van der Waals surface area contributed by atoms with E-state index in [-0.39, 0.29) is 34.4 Å². The van der Waals surface area contributed by atoms with Gasteiger partial charge in [0, 0.05) is 29.7 Å². The van der Waals surface area contributed by atoms with Crippen molar-refractivity contribution in [2.24, 2.45) is 0 Å². The van der Waals surface area contributed by atoms with Gasteiger partial charge < -0.3 is 24.4 Å². The second-order valence-corrected chi connectivity index (χ2v) is 7.91. The number of carbonyl (C=O) groups is 2. The fraction of sp³-hybridized carbons (Fsp3) is 0.364. The number of rotatable bonds is 5. The first-order valence-electron chi connectivity index (χ1n) is 9.68. The molecule has 2 aliphatic heterocycles. The maximum atomic E-state index is 12.0. The molecule has 4 rings (SSSR count). The molecule has 2 aromatic carbocycles. The molecule has 0 saturated carbocycles. The van der Waals surface area contributed by atoms with Crippen molar-refractivity contribution in [3.63, 3.8) is 0 Å². The smallest absolute Gasteiger partial charge is 0.343 e. The van der Waals surface area contributed by atoms with Gasteiger partial charge in [0.2, 0.25) is 0 Å². The van der Waals surface area contributed by atoms with Gasteiger partial charge in [-0.1, -0.05) is 11.6 Å². The molecule has 0 radical (unpaired) electrons. The zero-order valence-electron chi connectivity index (χ0n) is 17.3. The molecule has 0 saturated heterocycles. The summed E-state index contributed by atoms with van der Waals surface area (Å²) in [7, 11) is 4.29.